The molecule has 0 aromatic rings. The van der Waals surface area contributed by atoms with Crippen molar-refractivity contribution in [2.75, 3.05) is 0 Å². The van der Waals surface area contributed by atoms with Gasteiger partial charge in [-0.3, -0.25) is 0 Å². The first-order valence-electron chi connectivity index (χ1n) is 10.6. The topological polar surface area (TPSA) is 40.5 Å². The van der Waals surface area contributed by atoms with Gasteiger partial charge in [0.15, 0.2) is 0 Å². The Balaban J connectivity index is 1.59. The van der Waals surface area contributed by atoms with Crippen LogP contribution in [0.25, 0.3) is 0 Å². The molecule has 25 heavy (non-hydrogen) atoms. The van der Waals surface area contributed by atoms with Crippen molar-refractivity contribution >= 4 is 0 Å². The van der Waals surface area contributed by atoms with Crippen LogP contribution in [0.1, 0.15) is 78.6 Å². The third kappa shape index (κ3) is 2.45. The van der Waals surface area contributed by atoms with E-state index >= 15 is 0 Å². The minimum Gasteiger partial charge on any atom is -0.393 e. The van der Waals surface area contributed by atoms with Crippen molar-refractivity contribution in [2.45, 2.75) is 90.3 Å². The van der Waals surface area contributed by atoms with Gasteiger partial charge in [-0.05, 0) is 105 Å². The monoisotopic (exact) mass is 344 g/mol. The van der Waals surface area contributed by atoms with Crippen LogP contribution in [0.4, 0.5) is 0 Å². The molecule has 9 atom stereocenters. The predicted molar refractivity (Wildman–Crippen MR) is 101 cm³/mol. The van der Waals surface area contributed by atoms with Crippen molar-refractivity contribution in [3.05, 3.63) is 0 Å². The SMILES string of the molecule is C#C[C@@]1(O)CC[C@@]2(C)[C@H](CC[C@@H]3[C@@H]2CC[C@]2(C)[C@@H]([C@H](C)O)CC[C@@H]32)C1. The fourth-order valence-electron chi connectivity index (χ4n) is 8.21. The molecular formula is C23H36O2. The summed E-state index contributed by atoms with van der Waals surface area (Å²) < 4.78 is 0. The summed E-state index contributed by atoms with van der Waals surface area (Å²) in [5.41, 5.74) is -0.159. The van der Waals surface area contributed by atoms with Crippen LogP contribution in [0.2, 0.25) is 0 Å². The van der Waals surface area contributed by atoms with Gasteiger partial charge in [-0.15, -0.1) is 6.42 Å². The molecule has 4 aliphatic rings. The quantitative estimate of drug-likeness (QED) is 0.693. The van der Waals surface area contributed by atoms with Crippen LogP contribution in [-0.4, -0.2) is 21.9 Å². The van der Waals surface area contributed by atoms with Crippen LogP contribution in [0.15, 0.2) is 0 Å². The molecule has 2 nitrogen and oxygen atoms in total. The highest BCUT2D eigenvalue weighted by molar-refractivity contribution is 5.16. The molecule has 0 aliphatic heterocycles. The smallest absolute Gasteiger partial charge is 0.125 e. The fourth-order valence-corrected chi connectivity index (χ4v) is 8.21. The summed E-state index contributed by atoms with van der Waals surface area (Å²) in [6.45, 7) is 6.99. The minimum atomic E-state index is -0.856. The van der Waals surface area contributed by atoms with E-state index in [-0.39, 0.29) is 6.10 Å². The summed E-state index contributed by atoms with van der Waals surface area (Å²) in [6, 6.07) is 0. The zero-order valence-corrected chi connectivity index (χ0v) is 16.3. The Bertz CT molecular complexity index is 577. The van der Waals surface area contributed by atoms with Crippen molar-refractivity contribution in [3.8, 4) is 12.3 Å². The van der Waals surface area contributed by atoms with E-state index in [1.54, 1.807) is 0 Å². The van der Waals surface area contributed by atoms with Gasteiger partial charge in [0, 0.05) is 0 Å². The lowest BCUT2D eigenvalue weighted by atomic mass is 9.44. The molecule has 4 rings (SSSR count). The van der Waals surface area contributed by atoms with Gasteiger partial charge < -0.3 is 10.2 Å². The van der Waals surface area contributed by atoms with Crippen LogP contribution in [0.3, 0.4) is 0 Å². The maximum atomic E-state index is 10.7. The van der Waals surface area contributed by atoms with Crippen molar-refractivity contribution < 1.29 is 10.2 Å². The van der Waals surface area contributed by atoms with E-state index in [4.69, 9.17) is 6.42 Å². The molecule has 0 saturated heterocycles. The molecule has 0 radical (unpaired) electrons. The summed E-state index contributed by atoms with van der Waals surface area (Å²) in [4.78, 5) is 0. The number of terminal acetylenes is 1. The van der Waals surface area contributed by atoms with Crippen molar-refractivity contribution in [1.29, 1.82) is 0 Å². The van der Waals surface area contributed by atoms with E-state index in [1.165, 1.54) is 38.5 Å². The molecule has 0 heterocycles. The minimum absolute atomic E-state index is 0.168. The van der Waals surface area contributed by atoms with Gasteiger partial charge in [0.05, 0.1) is 6.10 Å². The molecular weight excluding hydrogens is 308 g/mol. The van der Waals surface area contributed by atoms with Gasteiger partial charge in [0.2, 0.25) is 0 Å². The molecule has 140 valence electrons. The maximum absolute atomic E-state index is 10.7. The molecule has 0 unspecified atom stereocenters. The molecule has 2 N–H and O–H groups in total. The third-order valence-corrected chi connectivity index (χ3v) is 9.65. The predicted octanol–water partition coefficient (Wildman–Crippen LogP) is 4.39. The van der Waals surface area contributed by atoms with Crippen LogP contribution in [0.5, 0.6) is 0 Å². The number of aliphatic hydroxyl groups is 2. The highest BCUT2D eigenvalue weighted by Gasteiger charge is 2.61. The highest BCUT2D eigenvalue weighted by atomic mass is 16.3. The molecule has 0 amide bonds. The summed E-state index contributed by atoms with van der Waals surface area (Å²) in [5, 5.41) is 21.0. The van der Waals surface area contributed by atoms with Crippen molar-refractivity contribution in [2.24, 2.45) is 40.4 Å². The zero-order chi connectivity index (χ0) is 18.0. The van der Waals surface area contributed by atoms with Crippen LogP contribution < -0.4 is 0 Å². The first-order chi connectivity index (χ1) is 11.7. The molecule has 4 aliphatic carbocycles. The number of rotatable bonds is 1. The van der Waals surface area contributed by atoms with Crippen LogP contribution in [-0.2, 0) is 0 Å². The van der Waals surface area contributed by atoms with Gasteiger partial charge in [0.25, 0.3) is 0 Å². The van der Waals surface area contributed by atoms with Gasteiger partial charge in [-0.2, -0.15) is 0 Å². The zero-order valence-electron chi connectivity index (χ0n) is 16.3. The van der Waals surface area contributed by atoms with Gasteiger partial charge in [-0.1, -0.05) is 19.8 Å². The second kappa shape index (κ2) is 5.74. The van der Waals surface area contributed by atoms with E-state index in [9.17, 15) is 10.2 Å². The van der Waals surface area contributed by atoms with E-state index in [1.807, 2.05) is 6.92 Å². The Morgan fingerprint density at radius 2 is 1.68 bits per heavy atom. The van der Waals surface area contributed by atoms with E-state index in [0.717, 1.165) is 37.0 Å². The lowest BCUT2D eigenvalue weighted by molar-refractivity contribution is -0.142. The van der Waals surface area contributed by atoms with Crippen LogP contribution >= 0.6 is 0 Å². The normalized spacial score (nSPS) is 56.2. The number of hydrogen-bond donors (Lipinski definition) is 2. The highest BCUT2D eigenvalue weighted by Crippen LogP contribution is 2.68. The molecule has 2 heteroatoms. The average Bonchev–Trinajstić information content (AvgIpc) is 2.93. The maximum Gasteiger partial charge on any atom is 0.125 e. The Morgan fingerprint density at radius 3 is 2.36 bits per heavy atom. The lowest BCUT2D eigenvalue weighted by Crippen LogP contribution is -2.56. The summed E-state index contributed by atoms with van der Waals surface area (Å²) >= 11 is 0. The Morgan fingerprint density at radius 1 is 0.960 bits per heavy atom. The average molecular weight is 345 g/mol. The Labute approximate surface area is 153 Å². The largest absolute Gasteiger partial charge is 0.393 e. The lowest BCUT2D eigenvalue weighted by Gasteiger charge is -2.61. The molecule has 0 aromatic carbocycles. The number of fused-ring (bicyclic) bond motifs is 5. The Hall–Kier alpha value is -0.520. The van der Waals surface area contributed by atoms with Crippen molar-refractivity contribution in [1.82, 2.24) is 0 Å². The van der Waals surface area contributed by atoms with Crippen LogP contribution in [0, 0.1) is 52.8 Å². The van der Waals surface area contributed by atoms with Gasteiger partial charge in [0.1, 0.15) is 5.60 Å². The van der Waals surface area contributed by atoms with Gasteiger partial charge >= 0.3 is 0 Å². The van der Waals surface area contributed by atoms with E-state index < -0.39 is 5.60 Å². The van der Waals surface area contributed by atoms with E-state index in [0.29, 0.717) is 22.7 Å². The first kappa shape index (κ1) is 17.9. The summed E-state index contributed by atoms with van der Waals surface area (Å²) in [6.07, 6.45) is 15.8. The molecule has 4 fully saturated rings. The number of hydrogen-bond acceptors (Lipinski definition) is 2. The molecule has 4 saturated carbocycles. The standard InChI is InChI=1S/C23H36O2/c1-5-23(25)13-12-21(3)16(14-23)6-7-17-19-9-8-18(15(2)24)22(19,4)11-10-20(17)21/h1,15-20,24-25H,6-14H2,2-4H3/t15-,16+,17-,18+,19-,20-,21-,22+,23+/m0/s1. The Kier molecular flexibility index (Phi) is 4.10. The second-order valence-electron chi connectivity index (χ2n) is 10.5. The molecule has 0 aromatic heterocycles. The van der Waals surface area contributed by atoms with Crippen molar-refractivity contribution in [3.63, 3.8) is 0 Å². The van der Waals surface area contributed by atoms with E-state index in [2.05, 4.69) is 19.8 Å². The first-order valence-corrected chi connectivity index (χ1v) is 10.6. The number of aliphatic hydroxyl groups excluding tert-OH is 1. The summed E-state index contributed by atoms with van der Waals surface area (Å²) in [5.74, 6) is 6.16. The third-order valence-electron chi connectivity index (χ3n) is 9.65. The van der Waals surface area contributed by atoms with Gasteiger partial charge in [-0.25, -0.2) is 0 Å². The summed E-state index contributed by atoms with van der Waals surface area (Å²) in [7, 11) is 0. The molecule has 0 spiro atoms. The second-order valence-corrected chi connectivity index (χ2v) is 10.5. The fraction of sp³-hybridized carbons (Fsp3) is 0.913. The molecule has 0 bridgehead atoms.